The monoisotopic (exact) mass is 438 g/mol. The molecule has 0 aliphatic carbocycles. The number of ether oxygens (including phenoxy) is 1. The first kappa shape index (κ1) is 20.7. The van der Waals surface area contributed by atoms with Crippen LogP contribution in [0, 0.1) is 0 Å². The largest absolute Gasteiger partial charge is 0.378 e. The number of carbonyl (C=O) groups is 2. The van der Waals surface area contributed by atoms with Crippen molar-refractivity contribution in [1.82, 2.24) is 4.90 Å². The third-order valence-corrected chi connectivity index (χ3v) is 6.86. The highest BCUT2D eigenvalue weighted by atomic mass is 32.2. The summed E-state index contributed by atoms with van der Waals surface area (Å²) in [6.07, 6.45) is 0. The van der Waals surface area contributed by atoms with Gasteiger partial charge < -0.3 is 15.0 Å². The van der Waals surface area contributed by atoms with Crippen LogP contribution in [0.2, 0.25) is 0 Å². The number of anilines is 1. The lowest BCUT2D eigenvalue weighted by molar-refractivity contribution is -0.115. The van der Waals surface area contributed by atoms with E-state index in [1.54, 1.807) is 11.0 Å². The van der Waals surface area contributed by atoms with Crippen molar-refractivity contribution in [3.05, 3.63) is 83.2 Å². The van der Waals surface area contributed by atoms with Gasteiger partial charge in [-0.3, -0.25) is 9.59 Å². The van der Waals surface area contributed by atoms with Crippen LogP contribution in [-0.2, 0) is 9.53 Å². The van der Waals surface area contributed by atoms with Gasteiger partial charge in [0.1, 0.15) is 10.3 Å². The summed E-state index contributed by atoms with van der Waals surface area (Å²) in [4.78, 5) is 29.0. The Hall–Kier alpha value is -2.61. The van der Waals surface area contributed by atoms with E-state index in [1.165, 1.54) is 23.1 Å². The zero-order valence-electron chi connectivity index (χ0n) is 16.3. The van der Waals surface area contributed by atoms with Crippen molar-refractivity contribution in [2.24, 2.45) is 0 Å². The molecule has 1 atom stereocenters. The number of nitrogens with zero attached hydrogens (tertiary/aromatic N) is 1. The van der Waals surface area contributed by atoms with Crippen LogP contribution in [0.25, 0.3) is 0 Å². The topological polar surface area (TPSA) is 58.6 Å². The normalized spacial score (nSPS) is 14.9. The van der Waals surface area contributed by atoms with Gasteiger partial charge in [0.25, 0.3) is 5.91 Å². The molecular formula is C23H22N2O3S2. The maximum absolute atomic E-state index is 13.3. The summed E-state index contributed by atoms with van der Waals surface area (Å²) in [6.45, 7) is 2.22. The van der Waals surface area contributed by atoms with E-state index in [1.807, 2.05) is 66.0 Å². The molecule has 0 saturated carbocycles. The summed E-state index contributed by atoms with van der Waals surface area (Å²) in [6, 6.07) is 21.3. The predicted molar refractivity (Wildman–Crippen MR) is 121 cm³/mol. The molecule has 1 fully saturated rings. The van der Waals surface area contributed by atoms with Crippen molar-refractivity contribution >= 4 is 39.9 Å². The van der Waals surface area contributed by atoms with Crippen LogP contribution in [-0.4, -0.2) is 43.0 Å². The quantitative estimate of drug-likeness (QED) is 0.567. The second kappa shape index (κ2) is 9.93. The molecule has 2 aromatic carbocycles. The number of rotatable bonds is 6. The van der Waals surface area contributed by atoms with Crippen molar-refractivity contribution < 1.29 is 14.3 Å². The Morgan fingerprint density at radius 2 is 1.63 bits per heavy atom. The molecule has 2 amide bonds. The van der Waals surface area contributed by atoms with Gasteiger partial charge in [0.05, 0.1) is 18.8 Å². The van der Waals surface area contributed by atoms with Gasteiger partial charge in [-0.2, -0.15) is 0 Å². The summed E-state index contributed by atoms with van der Waals surface area (Å²) >= 11 is 2.86. The van der Waals surface area contributed by atoms with Crippen LogP contribution in [0.3, 0.4) is 0 Å². The maximum atomic E-state index is 13.3. The lowest BCUT2D eigenvalue weighted by atomic mass is 10.1. The smallest absolute Gasteiger partial charge is 0.257 e. The number of nitrogens with one attached hydrogen (secondary N) is 1. The van der Waals surface area contributed by atoms with Gasteiger partial charge in [-0.25, -0.2) is 0 Å². The van der Waals surface area contributed by atoms with Gasteiger partial charge >= 0.3 is 0 Å². The number of amides is 2. The third-order valence-electron chi connectivity index (χ3n) is 4.77. The standard InChI is InChI=1S/C23H22N2O3S2/c26-21(20(17-7-3-1-4-8-17)30-18-9-5-2-6-10-18)24-22-19(11-16-29-22)23(27)25-12-14-28-15-13-25/h1-11,16,20H,12-15H2,(H,24,26)/t20-/m1/s1. The third kappa shape index (κ3) is 4.92. The van der Waals surface area contributed by atoms with Crippen LogP contribution in [0.15, 0.2) is 77.0 Å². The van der Waals surface area contributed by atoms with Gasteiger partial charge in [-0.15, -0.1) is 23.1 Å². The van der Waals surface area contributed by atoms with Crippen LogP contribution in [0.5, 0.6) is 0 Å². The SMILES string of the molecule is O=C(Nc1sccc1C(=O)N1CCOCC1)[C@H](Sc1ccccc1)c1ccccc1. The van der Waals surface area contributed by atoms with Crippen LogP contribution >= 0.6 is 23.1 Å². The Balaban J connectivity index is 1.54. The zero-order chi connectivity index (χ0) is 20.8. The highest BCUT2D eigenvalue weighted by molar-refractivity contribution is 8.00. The minimum atomic E-state index is -0.429. The summed E-state index contributed by atoms with van der Waals surface area (Å²) in [5.41, 5.74) is 1.45. The van der Waals surface area contributed by atoms with Gasteiger partial charge in [-0.05, 0) is 29.1 Å². The van der Waals surface area contributed by atoms with Gasteiger partial charge in [0, 0.05) is 18.0 Å². The Morgan fingerprint density at radius 1 is 0.967 bits per heavy atom. The average Bonchev–Trinajstić information content (AvgIpc) is 3.26. The molecule has 1 aliphatic heterocycles. The molecule has 154 valence electrons. The van der Waals surface area contributed by atoms with E-state index < -0.39 is 5.25 Å². The number of hydrogen-bond acceptors (Lipinski definition) is 5. The molecule has 4 rings (SSSR count). The first-order valence-corrected chi connectivity index (χ1v) is 11.5. The molecule has 7 heteroatoms. The Bertz CT molecular complexity index is 986. The van der Waals surface area contributed by atoms with E-state index in [0.717, 1.165) is 10.5 Å². The van der Waals surface area contributed by atoms with E-state index in [2.05, 4.69) is 5.32 Å². The maximum Gasteiger partial charge on any atom is 0.257 e. The van der Waals surface area contributed by atoms with E-state index in [-0.39, 0.29) is 11.8 Å². The zero-order valence-corrected chi connectivity index (χ0v) is 18.0. The Morgan fingerprint density at radius 3 is 2.33 bits per heavy atom. The molecule has 0 spiro atoms. The van der Waals surface area contributed by atoms with Crippen molar-refractivity contribution in [2.75, 3.05) is 31.6 Å². The van der Waals surface area contributed by atoms with E-state index >= 15 is 0 Å². The fraction of sp³-hybridized carbons (Fsp3) is 0.217. The summed E-state index contributed by atoms with van der Waals surface area (Å²) in [5.74, 6) is -0.213. The predicted octanol–water partition coefficient (Wildman–Crippen LogP) is 4.69. The minimum Gasteiger partial charge on any atom is -0.378 e. The number of carbonyl (C=O) groups excluding carboxylic acids is 2. The molecule has 30 heavy (non-hydrogen) atoms. The molecule has 1 N–H and O–H groups in total. The molecule has 1 aliphatic rings. The van der Waals surface area contributed by atoms with Crippen LogP contribution in [0.1, 0.15) is 21.2 Å². The van der Waals surface area contributed by atoms with Crippen molar-refractivity contribution in [1.29, 1.82) is 0 Å². The average molecular weight is 439 g/mol. The van der Waals surface area contributed by atoms with E-state index in [9.17, 15) is 9.59 Å². The number of hydrogen-bond donors (Lipinski definition) is 1. The number of thiophene rings is 1. The summed E-state index contributed by atoms with van der Waals surface area (Å²) < 4.78 is 5.34. The molecule has 1 saturated heterocycles. The van der Waals surface area contributed by atoms with Crippen molar-refractivity contribution in [3.8, 4) is 0 Å². The van der Waals surface area contributed by atoms with Crippen molar-refractivity contribution in [3.63, 3.8) is 0 Å². The first-order valence-electron chi connectivity index (χ1n) is 9.74. The fourth-order valence-electron chi connectivity index (χ4n) is 3.22. The second-order valence-corrected chi connectivity index (χ2v) is 8.87. The molecule has 5 nitrogen and oxygen atoms in total. The fourth-order valence-corrected chi connectivity index (χ4v) is 5.05. The number of morpholine rings is 1. The highest BCUT2D eigenvalue weighted by Gasteiger charge is 2.26. The minimum absolute atomic E-state index is 0.0678. The lowest BCUT2D eigenvalue weighted by Crippen LogP contribution is -2.40. The van der Waals surface area contributed by atoms with Gasteiger partial charge in [0.2, 0.25) is 5.91 Å². The summed E-state index contributed by atoms with van der Waals surface area (Å²) in [7, 11) is 0. The Kier molecular flexibility index (Phi) is 6.84. The lowest BCUT2D eigenvalue weighted by Gasteiger charge is -2.27. The van der Waals surface area contributed by atoms with Crippen molar-refractivity contribution in [2.45, 2.75) is 10.1 Å². The molecule has 3 aromatic rings. The van der Waals surface area contributed by atoms with Gasteiger partial charge in [-0.1, -0.05) is 48.5 Å². The molecule has 2 heterocycles. The first-order chi connectivity index (χ1) is 14.7. The molecule has 0 radical (unpaired) electrons. The molecule has 0 bridgehead atoms. The van der Waals surface area contributed by atoms with Crippen LogP contribution < -0.4 is 5.32 Å². The van der Waals surface area contributed by atoms with E-state index in [4.69, 9.17) is 4.74 Å². The molecule has 0 unspecified atom stereocenters. The second-order valence-electron chi connectivity index (χ2n) is 6.78. The highest BCUT2D eigenvalue weighted by Crippen LogP contribution is 2.37. The van der Waals surface area contributed by atoms with Gasteiger partial charge in [0.15, 0.2) is 0 Å². The molecule has 1 aromatic heterocycles. The van der Waals surface area contributed by atoms with E-state index in [0.29, 0.717) is 36.9 Å². The summed E-state index contributed by atoms with van der Waals surface area (Å²) in [5, 5.41) is 5.01. The van der Waals surface area contributed by atoms with Crippen LogP contribution in [0.4, 0.5) is 5.00 Å². The Labute approximate surface area is 184 Å². The number of benzene rings is 2. The molecular weight excluding hydrogens is 416 g/mol. The number of thioether (sulfide) groups is 1.